The molecule has 0 radical (unpaired) electrons. The third kappa shape index (κ3) is 2.64. The minimum absolute atomic E-state index is 0.426. The number of carbonyl (C=O) groups is 1. The van der Waals surface area contributed by atoms with E-state index in [1.807, 2.05) is 6.07 Å². The SMILES string of the molecule is C=Cc1ccccc1C(=O)OC1C=CC=CO1. The Balaban J connectivity index is 2.11. The van der Waals surface area contributed by atoms with E-state index in [2.05, 4.69) is 6.58 Å². The summed E-state index contributed by atoms with van der Waals surface area (Å²) < 4.78 is 10.3. The summed E-state index contributed by atoms with van der Waals surface area (Å²) in [4.78, 5) is 11.9. The Morgan fingerprint density at radius 1 is 1.35 bits per heavy atom. The summed E-state index contributed by atoms with van der Waals surface area (Å²) in [6.07, 6.45) is 7.59. The molecule has 17 heavy (non-hydrogen) atoms. The Bertz CT molecular complexity index is 486. The van der Waals surface area contributed by atoms with Gasteiger partial charge in [0.15, 0.2) is 0 Å². The van der Waals surface area contributed by atoms with Crippen LogP contribution in [-0.4, -0.2) is 12.3 Å². The van der Waals surface area contributed by atoms with Gasteiger partial charge in [-0.15, -0.1) is 0 Å². The van der Waals surface area contributed by atoms with Crippen LogP contribution in [0.2, 0.25) is 0 Å². The highest BCUT2D eigenvalue weighted by atomic mass is 16.7. The predicted octanol–water partition coefficient (Wildman–Crippen LogP) is 2.91. The second kappa shape index (κ2) is 5.16. The molecule has 1 aromatic carbocycles. The van der Waals surface area contributed by atoms with Crippen LogP contribution in [0.15, 0.2) is 55.3 Å². The fourth-order valence-corrected chi connectivity index (χ4v) is 1.47. The molecule has 2 rings (SSSR count). The maximum absolute atomic E-state index is 11.9. The van der Waals surface area contributed by atoms with Gasteiger partial charge in [0.05, 0.1) is 11.8 Å². The monoisotopic (exact) mass is 228 g/mol. The van der Waals surface area contributed by atoms with Crippen molar-refractivity contribution in [2.24, 2.45) is 0 Å². The second-order valence-corrected chi connectivity index (χ2v) is 3.41. The molecule has 0 saturated heterocycles. The molecule has 3 heteroatoms. The summed E-state index contributed by atoms with van der Waals surface area (Å²) in [5.74, 6) is -0.426. The molecule has 0 spiro atoms. The lowest BCUT2D eigenvalue weighted by Gasteiger charge is -2.16. The van der Waals surface area contributed by atoms with Gasteiger partial charge in [-0.3, -0.25) is 0 Å². The number of esters is 1. The van der Waals surface area contributed by atoms with Gasteiger partial charge >= 0.3 is 5.97 Å². The average Bonchev–Trinajstić information content (AvgIpc) is 2.40. The summed E-state index contributed by atoms with van der Waals surface area (Å²) in [7, 11) is 0. The van der Waals surface area contributed by atoms with Crippen LogP contribution in [0.3, 0.4) is 0 Å². The molecule has 86 valence electrons. The van der Waals surface area contributed by atoms with Crippen molar-refractivity contribution in [1.29, 1.82) is 0 Å². The minimum atomic E-state index is -0.662. The third-order valence-electron chi connectivity index (χ3n) is 2.29. The Labute approximate surface area is 99.7 Å². The molecule has 1 atom stereocenters. The van der Waals surface area contributed by atoms with Gasteiger partial charge in [-0.1, -0.05) is 36.9 Å². The summed E-state index contributed by atoms with van der Waals surface area (Å²) in [5, 5.41) is 0. The van der Waals surface area contributed by atoms with Crippen LogP contribution >= 0.6 is 0 Å². The number of carbonyl (C=O) groups excluding carboxylic acids is 1. The van der Waals surface area contributed by atoms with Crippen molar-refractivity contribution < 1.29 is 14.3 Å². The van der Waals surface area contributed by atoms with E-state index in [0.717, 1.165) is 5.56 Å². The average molecular weight is 228 g/mol. The lowest BCUT2D eigenvalue weighted by Crippen LogP contribution is -2.19. The van der Waals surface area contributed by atoms with Crippen molar-refractivity contribution in [2.45, 2.75) is 6.29 Å². The molecule has 1 aromatic rings. The van der Waals surface area contributed by atoms with Crippen molar-refractivity contribution in [1.82, 2.24) is 0 Å². The van der Waals surface area contributed by atoms with Gasteiger partial charge < -0.3 is 9.47 Å². The molecule has 1 aliphatic heterocycles. The van der Waals surface area contributed by atoms with Crippen LogP contribution in [0.5, 0.6) is 0 Å². The van der Waals surface area contributed by atoms with E-state index >= 15 is 0 Å². The molecular formula is C14H12O3. The van der Waals surface area contributed by atoms with Crippen LogP contribution in [0, 0.1) is 0 Å². The van der Waals surface area contributed by atoms with E-state index in [9.17, 15) is 4.79 Å². The molecule has 0 bridgehead atoms. The quantitative estimate of drug-likeness (QED) is 0.746. The third-order valence-corrected chi connectivity index (χ3v) is 2.29. The van der Waals surface area contributed by atoms with Crippen LogP contribution in [0.1, 0.15) is 15.9 Å². The molecule has 1 heterocycles. The summed E-state index contributed by atoms with van der Waals surface area (Å²) in [6.45, 7) is 3.66. The van der Waals surface area contributed by atoms with Gasteiger partial charge in [0, 0.05) is 0 Å². The molecule has 0 amide bonds. The van der Waals surface area contributed by atoms with Crippen LogP contribution < -0.4 is 0 Å². The molecule has 0 saturated carbocycles. The number of ether oxygens (including phenoxy) is 2. The summed E-state index contributed by atoms with van der Waals surface area (Å²) >= 11 is 0. The van der Waals surface area contributed by atoms with E-state index < -0.39 is 12.3 Å². The van der Waals surface area contributed by atoms with E-state index in [1.165, 1.54) is 6.26 Å². The smallest absolute Gasteiger partial charge is 0.342 e. The van der Waals surface area contributed by atoms with E-state index in [-0.39, 0.29) is 0 Å². The molecule has 0 N–H and O–H groups in total. The van der Waals surface area contributed by atoms with Gasteiger partial charge in [-0.25, -0.2) is 4.79 Å². The normalized spacial score (nSPS) is 17.3. The van der Waals surface area contributed by atoms with Crippen molar-refractivity contribution in [2.75, 3.05) is 0 Å². The van der Waals surface area contributed by atoms with Crippen molar-refractivity contribution >= 4 is 12.0 Å². The summed E-state index contributed by atoms with van der Waals surface area (Å²) in [6, 6.07) is 7.12. The van der Waals surface area contributed by atoms with Gasteiger partial charge in [0.2, 0.25) is 0 Å². The van der Waals surface area contributed by atoms with Gasteiger partial charge in [0.1, 0.15) is 0 Å². The minimum Gasteiger partial charge on any atom is -0.459 e. The predicted molar refractivity (Wildman–Crippen MR) is 65.1 cm³/mol. The Hall–Kier alpha value is -2.29. The lowest BCUT2D eigenvalue weighted by molar-refractivity contribution is -0.0444. The van der Waals surface area contributed by atoms with Crippen molar-refractivity contribution in [3.05, 3.63) is 66.5 Å². The molecule has 0 aliphatic carbocycles. The zero-order valence-corrected chi connectivity index (χ0v) is 9.21. The first kappa shape index (κ1) is 11.2. The number of rotatable bonds is 3. The fourth-order valence-electron chi connectivity index (χ4n) is 1.47. The van der Waals surface area contributed by atoms with E-state index in [0.29, 0.717) is 5.56 Å². The molecule has 1 unspecified atom stereocenters. The highest BCUT2D eigenvalue weighted by molar-refractivity contribution is 5.93. The largest absolute Gasteiger partial charge is 0.459 e. The molecule has 0 aromatic heterocycles. The molecule has 3 nitrogen and oxygen atoms in total. The number of allylic oxidation sites excluding steroid dienone is 2. The van der Waals surface area contributed by atoms with Gasteiger partial charge in [0.25, 0.3) is 6.29 Å². The Morgan fingerprint density at radius 3 is 2.88 bits per heavy atom. The first-order valence-corrected chi connectivity index (χ1v) is 5.22. The first-order chi connectivity index (χ1) is 8.31. The van der Waals surface area contributed by atoms with E-state index in [1.54, 1.807) is 42.5 Å². The number of hydrogen-bond acceptors (Lipinski definition) is 3. The van der Waals surface area contributed by atoms with Crippen LogP contribution in [-0.2, 0) is 9.47 Å². The maximum atomic E-state index is 11.9. The standard InChI is InChI=1S/C14H12O3/c1-2-11-7-3-4-8-12(11)14(15)17-13-9-5-6-10-16-13/h2-10,13H,1H2. The first-order valence-electron chi connectivity index (χ1n) is 5.22. The maximum Gasteiger partial charge on any atom is 0.342 e. The molecule has 0 fully saturated rings. The van der Waals surface area contributed by atoms with Crippen molar-refractivity contribution in [3.8, 4) is 0 Å². The fraction of sp³-hybridized carbons (Fsp3) is 0.0714. The van der Waals surface area contributed by atoms with E-state index in [4.69, 9.17) is 9.47 Å². The topological polar surface area (TPSA) is 35.5 Å². The molecular weight excluding hydrogens is 216 g/mol. The highest BCUT2D eigenvalue weighted by Crippen LogP contribution is 2.14. The zero-order valence-electron chi connectivity index (χ0n) is 9.21. The van der Waals surface area contributed by atoms with Crippen molar-refractivity contribution in [3.63, 3.8) is 0 Å². The second-order valence-electron chi connectivity index (χ2n) is 3.41. The number of hydrogen-bond donors (Lipinski definition) is 0. The number of benzene rings is 1. The van der Waals surface area contributed by atoms with Gasteiger partial charge in [-0.05, 0) is 23.8 Å². The van der Waals surface area contributed by atoms with Crippen LogP contribution in [0.4, 0.5) is 0 Å². The highest BCUT2D eigenvalue weighted by Gasteiger charge is 2.16. The summed E-state index contributed by atoms with van der Waals surface area (Å²) in [5.41, 5.74) is 1.22. The molecule has 1 aliphatic rings. The lowest BCUT2D eigenvalue weighted by atomic mass is 10.1. The Kier molecular flexibility index (Phi) is 3.40. The zero-order chi connectivity index (χ0) is 12.1. The Morgan fingerprint density at radius 2 is 2.18 bits per heavy atom. The van der Waals surface area contributed by atoms with Crippen LogP contribution in [0.25, 0.3) is 6.08 Å². The van der Waals surface area contributed by atoms with Gasteiger partial charge in [-0.2, -0.15) is 0 Å².